The SMILES string of the molecule is CC[Si](CC)(CC)c1c(F)cc(C)cc1Br. The van der Waals surface area contributed by atoms with Crippen LogP contribution in [0.1, 0.15) is 26.3 Å². The molecule has 1 rings (SSSR count). The van der Waals surface area contributed by atoms with Gasteiger partial charge in [0, 0.05) is 4.47 Å². The topological polar surface area (TPSA) is 0 Å². The Morgan fingerprint density at radius 1 is 1.12 bits per heavy atom. The van der Waals surface area contributed by atoms with E-state index in [1.165, 1.54) is 0 Å². The van der Waals surface area contributed by atoms with Crippen LogP contribution < -0.4 is 5.19 Å². The Morgan fingerprint density at radius 2 is 1.62 bits per heavy atom. The summed E-state index contributed by atoms with van der Waals surface area (Å²) in [6.07, 6.45) is 0. The first kappa shape index (κ1) is 13.9. The van der Waals surface area contributed by atoms with Gasteiger partial charge >= 0.3 is 0 Å². The summed E-state index contributed by atoms with van der Waals surface area (Å²) in [5.41, 5.74) is 0.985. The number of benzene rings is 1. The van der Waals surface area contributed by atoms with Crippen LogP contribution in [0, 0.1) is 12.7 Å². The Bertz CT molecular complexity index is 341. The molecule has 0 saturated carbocycles. The first-order chi connectivity index (χ1) is 7.50. The van der Waals surface area contributed by atoms with Gasteiger partial charge in [-0.25, -0.2) is 4.39 Å². The molecule has 3 heteroatoms. The van der Waals surface area contributed by atoms with Gasteiger partial charge in [0.05, 0.1) is 8.07 Å². The van der Waals surface area contributed by atoms with Crippen LogP contribution >= 0.6 is 15.9 Å². The van der Waals surface area contributed by atoms with Gasteiger partial charge in [0.2, 0.25) is 0 Å². The molecular formula is C13H20BrFSi. The molecule has 0 aliphatic carbocycles. The molecule has 0 aliphatic heterocycles. The zero-order valence-corrected chi connectivity index (χ0v) is 13.1. The zero-order valence-electron chi connectivity index (χ0n) is 10.5. The minimum absolute atomic E-state index is 0.0101. The number of hydrogen-bond acceptors (Lipinski definition) is 0. The lowest BCUT2D eigenvalue weighted by Crippen LogP contribution is -2.48. The van der Waals surface area contributed by atoms with Crippen molar-refractivity contribution in [2.24, 2.45) is 0 Å². The van der Waals surface area contributed by atoms with Crippen molar-refractivity contribution in [3.8, 4) is 0 Å². The van der Waals surface area contributed by atoms with E-state index in [1.54, 1.807) is 6.07 Å². The molecule has 0 aromatic heterocycles. The van der Waals surface area contributed by atoms with Gasteiger partial charge in [0.15, 0.2) is 0 Å². The number of halogens is 2. The number of hydrogen-bond donors (Lipinski definition) is 0. The van der Waals surface area contributed by atoms with Crippen LogP contribution in [-0.4, -0.2) is 8.07 Å². The van der Waals surface area contributed by atoms with E-state index in [0.29, 0.717) is 0 Å². The highest BCUT2D eigenvalue weighted by atomic mass is 79.9. The van der Waals surface area contributed by atoms with Crippen molar-refractivity contribution < 1.29 is 4.39 Å². The maximum atomic E-state index is 14.2. The minimum atomic E-state index is -1.63. The summed E-state index contributed by atoms with van der Waals surface area (Å²) < 4.78 is 15.1. The normalized spacial score (nSPS) is 11.9. The molecule has 0 N–H and O–H groups in total. The van der Waals surface area contributed by atoms with E-state index in [2.05, 4.69) is 36.7 Å². The highest BCUT2D eigenvalue weighted by Gasteiger charge is 2.33. The van der Waals surface area contributed by atoms with Crippen LogP contribution in [0.4, 0.5) is 4.39 Å². The van der Waals surface area contributed by atoms with Gasteiger partial charge in [-0.1, -0.05) is 54.8 Å². The molecular weight excluding hydrogens is 283 g/mol. The van der Waals surface area contributed by atoms with Crippen LogP contribution in [0.3, 0.4) is 0 Å². The quantitative estimate of drug-likeness (QED) is 0.712. The first-order valence-corrected chi connectivity index (χ1v) is 9.38. The Hall–Kier alpha value is -0.153. The third-order valence-electron chi connectivity index (χ3n) is 3.75. The molecule has 0 nitrogen and oxygen atoms in total. The molecule has 0 spiro atoms. The molecule has 90 valence electrons. The van der Waals surface area contributed by atoms with Gasteiger partial charge in [0.25, 0.3) is 0 Å². The first-order valence-electron chi connectivity index (χ1n) is 5.96. The maximum Gasteiger partial charge on any atom is 0.123 e. The summed E-state index contributed by atoms with van der Waals surface area (Å²) in [5, 5.41) is 0.991. The average Bonchev–Trinajstić information content (AvgIpc) is 2.23. The minimum Gasteiger partial charge on any atom is -0.207 e. The van der Waals surface area contributed by atoms with E-state index in [1.807, 2.05) is 13.0 Å². The van der Waals surface area contributed by atoms with Crippen molar-refractivity contribution in [2.75, 3.05) is 0 Å². The van der Waals surface area contributed by atoms with Crippen LogP contribution in [0.25, 0.3) is 0 Å². The van der Waals surface area contributed by atoms with E-state index < -0.39 is 8.07 Å². The second-order valence-corrected chi connectivity index (χ2v) is 10.5. The molecule has 0 saturated heterocycles. The van der Waals surface area contributed by atoms with Gasteiger partial charge in [-0.05, 0) is 29.8 Å². The predicted molar refractivity (Wildman–Crippen MR) is 75.7 cm³/mol. The van der Waals surface area contributed by atoms with Gasteiger partial charge in [-0.15, -0.1) is 0 Å². The Kier molecular flexibility index (Phi) is 4.74. The molecule has 0 heterocycles. The zero-order chi connectivity index (χ0) is 12.3. The maximum absolute atomic E-state index is 14.2. The van der Waals surface area contributed by atoms with Crippen molar-refractivity contribution in [3.63, 3.8) is 0 Å². The van der Waals surface area contributed by atoms with Gasteiger partial charge in [-0.2, -0.15) is 0 Å². The summed E-state index contributed by atoms with van der Waals surface area (Å²) in [5.74, 6) is -0.0101. The van der Waals surface area contributed by atoms with Gasteiger partial charge in [-0.3, -0.25) is 0 Å². The second kappa shape index (κ2) is 5.45. The van der Waals surface area contributed by atoms with E-state index >= 15 is 0 Å². The number of rotatable bonds is 4. The fourth-order valence-corrected chi connectivity index (χ4v) is 8.02. The number of aryl methyl sites for hydroxylation is 1. The van der Waals surface area contributed by atoms with E-state index in [-0.39, 0.29) is 5.82 Å². The lowest BCUT2D eigenvalue weighted by Gasteiger charge is -2.30. The fourth-order valence-electron chi connectivity index (χ4n) is 2.49. The summed E-state index contributed by atoms with van der Waals surface area (Å²) in [6.45, 7) is 8.53. The van der Waals surface area contributed by atoms with Gasteiger partial charge in [0.1, 0.15) is 5.82 Å². The van der Waals surface area contributed by atoms with Crippen LogP contribution in [0.5, 0.6) is 0 Å². The standard InChI is InChI=1S/C13H20BrFSi/c1-5-16(6-2,7-3)13-11(14)8-10(4)9-12(13)15/h8-9H,5-7H2,1-4H3. The van der Waals surface area contributed by atoms with Crippen molar-refractivity contribution in [3.05, 3.63) is 28.0 Å². The molecule has 0 radical (unpaired) electrons. The van der Waals surface area contributed by atoms with Crippen molar-refractivity contribution in [1.29, 1.82) is 0 Å². The largest absolute Gasteiger partial charge is 0.207 e. The third kappa shape index (κ3) is 2.40. The van der Waals surface area contributed by atoms with Crippen molar-refractivity contribution >= 4 is 29.2 Å². The molecule has 16 heavy (non-hydrogen) atoms. The highest BCUT2D eigenvalue weighted by molar-refractivity contribution is 9.10. The van der Waals surface area contributed by atoms with E-state index in [0.717, 1.165) is 33.4 Å². The summed E-state index contributed by atoms with van der Waals surface area (Å²) in [4.78, 5) is 0. The predicted octanol–water partition coefficient (Wildman–Crippen LogP) is 4.61. The second-order valence-electron chi connectivity index (χ2n) is 4.44. The highest BCUT2D eigenvalue weighted by Crippen LogP contribution is 2.26. The smallest absolute Gasteiger partial charge is 0.123 e. The third-order valence-corrected chi connectivity index (χ3v) is 10.4. The molecule has 0 atom stereocenters. The average molecular weight is 303 g/mol. The van der Waals surface area contributed by atoms with Crippen LogP contribution in [-0.2, 0) is 0 Å². The fraction of sp³-hybridized carbons (Fsp3) is 0.538. The van der Waals surface area contributed by atoms with Crippen LogP contribution in [0.15, 0.2) is 16.6 Å². The summed E-state index contributed by atoms with van der Waals surface area (Å²) >= 11 is 3.55. The Balaban J connectivity index is 3.40. The van der Waals surface area contributed by atoms with E-state index in [9.17, 15) is 4.39 Å². The van der Waals surface area contributed by atoms with Crippen molar-refractivity contribution in [2.45, 2.75) is 45.8 Å². The molecule has 0 amide bonds. The summed E-state index contributed by atoms with van der Waals surface area (Å²) in [7, 11) is -1.63. The molecule has 0 aliphatic rings. The lowest BCUT2D eigenvalue weighted by molar-refractivity contribution is 0.632. The Morgan fingerprint density at radius 3 is 2.00 bits per heavy atom. The molecule has 0 unspecified atom stereocenters. The summed E-state index contributed by atoms with van der Waals surface area (Å²) in [6, 6.07) is 7.04. The van der Waals surface area contributed by atoms with E-state index in [4.69, 9.17) is 0 Å². The van der Waals surface area contributed by atoms with Crippen LogP contribution in [0.2, 0.25) is 18.1 Å². The lowest BCUT2D eigenvalue weighted by atomic mass is 10.2. The monoisotopic (exact) mass is 302 g/mol. The molecule has 0 fully saturated rings. The molecule has 1 aromatic rings. The van der Waals surface area contributed by atoms with Gasteiger partial charge < -0.3 is 0 Å². The molecule has 1 aromatic carbocycles. The molecule has 0 bridgehead atoms. The van der Waals surface area contributed by atoms with Crippen molar-refractivity contribution in [1.82, 2.24) is 0 Å². The Labute approximate surface area is 107 Å².